The number of ether oxygens (including phenoxy) is 1. The Balaban J connectivity index is 1.62. The van der Waals surface area contributed by atoms with E-state index in [0.29, 0.717) is 6.54 Å². The normalized spacial score (nSPS) is 14.5. The second kappa shape index (κ2) is 7.44. The number of hydrogen-bond donors (Lipinski definition) is 1. The first-order chi connectivity index (χ1) is 13.2. The highest BCUT2D eigenvalue weighted by Crippen LogP contribution is 2.30. The predicted molar refractivity (Wildman–Crippen MR) is 105 cm³/mol. The molecule has 0 spiro atoms. The number of thiophene rings is 1. The van der Waals surface area contributed by atoms with Crippen molar-refractivity contribution in [3.8, 4) is 5.75 Å². The molecule has 1 aromatic carbocycles. The molecule has 1 N–H and O–H groups in total. The third-order valence-electron chi connectivity index (χ3n) is 4.93. The van der Waals surface area contributed by atoms with Crippen LogP contribution in [0.5, 0.6) is 5.75 Å². The van der Waals surface area contributed by atoms with E-state index < -0.39 is 6.04 Å². The van der Waals surface area contributed by atoms with Crippen LogP contribution >= 0.6 is 11.3 Å². The van der Waals surface area contributed by atoms with Crippen molar-refractivity contribution in [1.82, 2.24) is 19.8 Å². The number of hydrogen-bond acceptors (Lipinski definition) is 4. The highest BCUT2D eigenvalue weighted by molar-refractivity contribution is 7.10. The van der Waals surface area contributed by atoms with Crippen LogP contribution in [0.3, 0.4) is 0 Å². The zero-order valence-electron chi connectivity index (χ0n) is 15.4. The number of nitrogens with zero attached hydrogens (tertiary/aromatic N) is 3. The molecule has 0 saturated heterocycles. The molecule has 0 aliphatic carbocycles. The van der Waals surface area contributed by atoms with Gasteiger partial charge >= 0.3 is 6.03 Å². The van der Waals surface area contributed by atoms with Gasteiger partial charge in [0.1, 0.15) is 17.6 Å². The molecule has 2 aromatic heterocycles. The lowest BCUT2D eigenvalue weighted by Crippen LogP contribution is -2.44. The number of benzene rings is 1. The molecule has 2 amide bonds. The Kier molecular flexibility index (Phi) is 4.85. The zero-order chi connectivity index (χ0) is 18.8. The van der Waals surface area contributed by atoms with Crippen molar-refractivity contribution in [2.24, 2.45) is 7.05 Å². The van der Waals surface area contributed by atoms with Crippen LogP contribution in [0.2, 0.25) is 0 Å². The van der Waals surface area contributed by atoms with Crippen LogP contribution in [0.25, 0.3) is 0 Å². The van der Waals surface area contributed by atoms with Gasteiger partial charge in [-0.3, -0.25) is 0 Å². The van der Waals surface area contributed by atoms with Gasteiger partial charge in [0.05, 0.1) is 7.11 Å². The van der Waals surface area contributed by atoms with Gasteiger partial charge in [0.2, 0.25) is 0 Å². The summed E-state index contributed by atoms with van der Waals surface area (Å²) in [6.07, 6.45) is 4.52. The summed E-state index contributed by atoms with van der Waals surface area (Å²) >= 11 is 1.77. The molecule has 3 aromatic rings. The second-order valence-corrected chi connectivity index (χ2v) is 7.56. The number of rotatable bonds is 4. The maximum atomic E-state index is 13.1. The smallest absolute Gasteiger partial charge is 0.318 e. The van der Waals surface area contributed by atoms with Crippen LogP contribution in [0.15, 0.2) is 48.1 Å². The second-order valence-electron chi connectivity index (χ2n) is 6.56. The van der Waals surface area contributed by atoms with Crippen LogP contribution in [-0.2, 0) is 20.0 Å². The Labute approximate surface area is 162 Å². The van der Waals surface area contributed by atoms with Crippen LogP contribution in [0.4, 0.5) is 4.79 Å². The predicted octanol–water partition coefficient (Wildman–Crippen LogP) is 3.35. The standard InChI is InChI=1S/C20H22N4O2S/c1-23-11-9-21-19(23)18(15-5-3-4-6-16(15)26-2)22-20(25)24-10-7-17-14(13-24)8-12-27-17/h3-6,8-9,11-12,18H,7,10,13H2,1-2H3,(H,22,25). The quantitative estimate of drug-likeness (QED) is 0.753. The van der Waals surface area contributed by atoms with Crippen molar-refractivity contribution in [3.63, 3.8) is 0 Å². The number of nitrogens with one attached hydrogen (secondary N) is 1. The van der Waals surface area contributed by atoms with E-state index in [0.717, 1.165) is 30.1 Å². The average molecular weight is 382 g/mol. The van der Waals surface area contributed by atoms with Crippen molar-refractivity contribution in [3.05, 3.63) is 69.9 Å². The molecule has 27 heavy (non-hydrogen) atoms. The number of urea groups is 1. The monoisotopic (exact) mass is 382 g/mol. The SMILES string of the molecule is COc1ccccc1C(NC(=O)N1CCc2sccc2C1)c1nccn1C. The fourth-order valence-electron chi connectivity index (χ4n) is 3.48. The Morgan fingerprint density at radius 1 is 1.33 bits per heavy atom. The number of aromatic nitrogens is 2. The maximum Gasteiger partial charge on any atom is 0.318 e. The van der Waals surface area contributed by atoms with Gasteiger partial charge in [0.15, 0.2) is 0 Å². The summed E-state index contributed by atoms with van der Waals surface area (Å²) in [5, 5.41) is 5.27. The maximum absolute atomic E-state index is 13.1. The third-order valence-corrected chi connectivity index (χ3v) is 5.95. The summed E-state index contributed by atoms with van der Waals surface area (Å²) in [5.74, 6) is 1.49. The van der Waals surface area contributed by atoms with Crippen molar-refractivity contribution in [2.75, 3.05) is 13.7 Å². The van der Waals surface area contributed by atoms with E-state index in [1.54, 1.807) is 24.6 Å². The minimum atomic E-state index is -0.391. The highest BCUT2D eigenvalue weighted by atomic mass is 32.1. The lowest BCUT2D eigenvalue weighted by atomic mass is 10.0. The van der Waals surface area contributed by atoms with E-state index in [-0.39, 0.29) is 6.03 Å². The molecule has 0 radical (unpaired) electrons. The van der Waals surface area contributed by atoms with Gasteiger partial charge in [0.25, 0.3) is 0 Å². The average Bonchev–Trinajstić information content (AvgIpc) is 3.34. The Bertz CT molecular complexity index is 949. The molecule has 3 heterocycles. The van der Waals surface area contributed by atoms with Crippen LogP contribution in [0, 0.1) is 0 Å². The van der Waals surface area contributed by atoms with Crippen molar-refractivity contribution < 1.29 is 9.53 Å². The van der Waals surface area contributed by atoms with E-state index in [9.17, 15) is 4.79 Å². The first kappa shape index (κ1) is 17.6. The molecule has 4 rings (SSSR count). The van der Waals surface area contributed by atoms with E-state index in [1.807, 2.05) is 47.0 Å². The molecule has 0 saturated carbocycles. The van der Waals surface area contributed by atoms with E-state index in [4.69, 9.17) is 4.74 Å². The first-order valence-corrected chi connectivity index (χ1v) is 9.76. The topological polar surface area (TPSA) is 59.4 Å². The summed E-state index contributed by atoms with van der Waals surface area (Å²) in [6, 6.07) is 9.35. The van der Waals surface area contributed by atoms with E-state index in [1.165, 1.54) is 10.4 Å². The van der Waals surface area contributed by atoms with Gasteiger partial charge in [-0.1, -0.05) is 18.2 Å². The number of methoxy groups -OCH3 is 1. The van der Waals surface area contributed by atoms with Gasteiger partial charge in [-0.05, 0) is 29.5 Å². The van der Waals surface area contributed by atoms with Gasteiger partial charge < -0.3 is 19.5 Å². The summed E-state index contributed by atoms with van der Waals surface area (Å²) in [7, 11) is 3.56. The van der Waals surface area contributed by atoms with Crippen molar-refractivity contribution >= 4 is 17.4 Å². The number of carbonyl (C=O) groups excluding carboxylic acids is 1. The minimum absolute atomic E-state index is 0.0919. The first-order valence-electron chi connectivity index (χ1n) is 8.88. The molecule has 1 atom stereocenters. The number of amides is 2. The number of para-hydroxylation sites is 1. The zero-order valence-corrected chi connectivity index (χ0v) is 16.2. The molecule has 0 bridgehead atoms. The number of aryl methyl sites for hydroxylation is 1. The molecule has 140 valence electrons. The van der Waals surface area contributed by atoms with Crippen LogP contribution in [0.1, 0.15) is 27.9 Å². The van der Waals surface area contributed by atoms with Crippen molar-refractivity contribution in [2.45, 2.75) is 19.0 Å². The summed E-state index contributed by atoms with van der Waals surface area (Å²) in [5.41, 5.74) is 2.13. The number of fused-ring (bicyclic) bond motifs is 1. The Morgan fingerprint density at radius 3 is 2.96 bits per heavy atom. The van der Waals surface area contributed by atoms with Gasteiger partial charge in [0, 0.05) is 43.0 Å². The lowest BCUT2D eigenvalue weighted by molar-refractivity contribution is 0.189. The number of imidazole rings is 1. The summed E-state index contributed by atoms with van der Waals surface area (Å²) < 4.78 is 7.45. The minimum Gasteiger partial charge on any atom is -0.496 e. The molecule has 1 aliphatic rings. The third kappa shape index (κ3) is 3.42. The summed E-state index contributed by atoms with van der Waals surface area (Å²) in [4.78, 5) is 20.8. The molecular formula is C20H22N4O2S. The molecule has 7 heteroatoms. The van der Waals surface area contributed by atoms with Gasteiger partial charge in [-0.15, -0.1) is 11.3 Å². The highest BCUT2D eigenvalue weighted by Gasteiger charge is 2.28. The molecule has 1 aliphatic heterocycles. The van der Waals surface area contributed by atoms with E-state index in [2.05, 4.69) is 21.7 Å². The molecule has 1 unspecified atom stereocenters. The Hall–Kier alpha value is -2.80. The van der Waals surface area contributed by atoms with E-state index >= 15 is 0 Å². The van der Waals surface area contributed by atoms with Crippen LogP contribution in [-0.4, -0.2) is 34.1 Å². The molecular weight excluding hydrogens is 360 g/mol. The lowest BCUT2D eigenvalue weighted by Gasteiger charge is -2.30. The van der Waals surface area contributed by atoms with Gasteiger partial charge in [-0.25, -0.2) is 9.78 Å². The number of carbonyl (C=O) groups is 1. The fourth-order valence-corrected chi connectivity index (χ4v) is 4.37. The largest absolute Gasteiger partial charge is 0.496 e. The fraction of sp³-hybridized carbons (Fsp3) is 0.300. The summed E-state index contributed by atoms with van der Waals surface area (Å²) in [6.45, 7) is 1.36. The van der Waals surface area contributed by atoms with Crippen molar-refractivity contribution in [1.29, 1.82) is 0 Å². The van der Waals surface area contributed by atoms with Gasteiger partial charge in [-0.2, -0.15) is 0 Å². The van der Waals surface area contributed by atoms with Crippen LogP contribution < -0.4 is 10.1 Å². The molecule has 0 fully saturated rings. The Morgan fingerprint density at radius 2 is 2.19 bits per heavy atom. The molecule has 6 nitrogen and oxygen atoms in total.